The largest absolute Gasteiger partial charge is 0.396 e. The number of aliphatic hydroxyl groups is 1. The molecule has 3 heterocycles. The van der Waals surface area contributed by atoms with E-state index in [1.54, 1.807) is 11.8 Å². The van der Waals surface area contributed by atoms with Crippen LogP contribution in [0.1, 0.15) is 47.9 Å². The summed E-state index contributed by atoms with van der Waals surface area (Å²) in [5.41, 5.74) is 3.02. The molecule has 1 aliphatic carbocycles. The standard InChI is InChI=1S/C21H24N4OS/c1-14-18(21(25-24-14)23-16-6-5-15(12-16)13-26)9-7-17-8-10-20(27-17)19-4-2-3-11-22-19/h2-4,8,11,15-16,20,26H,5-6,10,12-13H2,1H3,(H2,23,24,25)/t15-,16?,20?/m1/s1. The Morgan fingerprint density at radius 1 is 1.33 bits per heavy atom. The highest BCUT2D eigenvalue weighted by Gasteiger charge is 2.25. The molecule has 6 heteroatoms. The number of aromatic nitrogens is 3. The normalized spacial score (nSPS) is 24.4. The Kier molecular flexibility index (Phi) is 5.51. The van der Waals surface area contributed by atoms with E-state index in [2.05, 4.69) is 44.5 Å². The van der Waals surface area contributed by atoms with Crippen LogP contribution in [-0.2, 0) is 0 Å². The van der Waals surface area contributed by atoms with Crippen molar-refractivity contribution in [2.75, 3.05) is 11.9 Å². The van der Waals surface area contributed by atoms with Crippen LogP contribution in [0.2, 0.25) is 0 Å². The second-order valence-electron chi connectivity index (χ2n) is 7.19. The third-order valence-electron chi connectivity index (χ3n) is 5.20. The Morgan fingerprint density at radius 2 is 2.26 bits per heavy atom. The maximum atomic E-state index is 9.33. The monoisotopic (exact) mass is 380 g/mol. The second-order valence-corrected chi connectivity index (χ2v) is 8.43. The summed E-state index contributed by atoms with van der Waals surface area (Å²) in [5, 5.41) is 20.6. The molecule has 0 bridgehead atoms. The Hall–Kier alpha value is -2.23. The number of H-pyrrole nitrogens is 1. The third kappa shape index (κ3) is 4.20. The van der Waals surface area contributed by atoms with Gasteiger partial charge in [-0.05, 0) is 50.7 Å². The van der Waals surface area contributed by atoms with E-state index in [4.69, 9.17) is 0 Å². The molecule has 2 unspecified atom stereocenters. The zero-order valence-corrected chi connectivity index (χ0v) is 16.2. The minimum atomic E-state index is 0.271. The molecule has 2 aromatic rings. The Morgan fingerprint density at radius 3 is 3.04 bits per heavy atom. The van der Waals surface area contributed by atoms with Gasteiger partial charge in [0.2, 0.25) is 0 Å². The Labute approximate surface area is 164 Å². The zero-order chi connectivity index (χ0) is 18.6. The summed E-state index contributed by atoms with van der Waals surface area (Å²) in [6.07, 6.45) is 8.13. The lowest BCUT2D eigenvalue weighted by Gasteiger charge is -2.12. The highest BCUT2D eigenvalue weighted by Crippen LogP contribution is 2.42. The zero-order valence-electron chi connectivity index (χ0n) is 15.4. The molecule has 0 spiro atoms. The molecule has 0 saturated heterocycles. The molecule has 0 aromatic carbocycles. The molecular weight excluding hydrogens is 356 g/mol. The predicted molar refractivity (Wildman–Crippen MR) is 109 cm³/mol. The van der Waals surface area contributed by atoms with Crippen molar-refractivity contribution in [2.24, 2.45) is 5.92 Å². The maximum Gasteiger partial charge on any atom is 0.164 e. The van der Waals surface area contributed by atoms with E-state index in [-0.39, 0.29) is 6.61 Å². The summed E-state index contributed by atoms with van der Waals surface area (Å²) < 4.78 is 0. The number of hydrogen-bond donors (Lipinski definition) is 3. The smallest absolute Gasteiger partial charge is 0.164 e. The lowest BCUT2D eigenvalue weighted by Crippen LogP contribution is -2.17. The molecule has 1 saturated carbocycles. The first-order valence-electron chi connectivity index (χ1n) is 9.45. The highest BCUT2D eigenvalue weighted by molar-refractivity contribution is 8.03. The summed E-state index contributed by atoms with van der Waals surface area (Å²) >= 11 is 1.78. The fraction of sp³-hybridized carbons (Fsp3) is 0.429. The van der Waals surface area contributed by atoms with Crippen LogP contribution in [0.4, 0.5) is 5.82 Å². The van der Waals surface area contributed by atoms with Crippen LogP contribution in [-0.4, -0.2) is 32.9 Å². The first-order chi connectivity index (χ1) is 13.2. The topological polar surface area (TPSA) is 73.8 Å². The van der Waals surface area contributed by atoms with Crippen LogP contribution in [0.3, 0.4) is 0 Å². The molecule has 1 aliphatic heterocycles. The minimum Gasteiger partial charge on any atom is -0.396 e. The van der Waals surface area contributed by atoms with E-state index < -0.39 is 0 Å². The molecule has 1 fully saturated rings. The van der Waals surface area contributed by atoms with Crippen molar-refractivity contribution in [3.8, 4) is 11.8 Å². The third-order valence-corrected chi connectivity index (χ3v) is 6.44. The number of rotatable bonds is 4. The number of aliphatic hydroxyl groups excluding tert-OH is 1. The predicted octanol–water partition coefficient (Wildman–Crippen LogP) is 3.80. The molecule has 2 aromatic heterocycles. The van der Waals surface area contributed by atoms with Crippen molar-refractivity contribution in [1.29, 1.82) is 0 Å². The average molecular weight is 381 g/mol. The van der Waals surface area contributed by atoms with Gasteiger partial charge in [-0.1, -0.05) is 24.0 Å². The molecule has 0 amide bonds. The summed E-state index contributed by atoms with van der Waals surface area (Å²) in [5.74, 6) is 7.86. The quantitative estimate of drug-likeness (QED) is 0.704. The van der Waals surface area contributed by atoms with Crippen molar-refractivity contribution in [2.45, 2.75) is 43.9 Å². The van der Waals surface area contributed by atoms with Gasteiger partial charge in [0.05, 0.1) is 27.1 Å². The number of hydrogen-bond acceptors (Lipinski definition) is 5. The number of allylic oxidation sites excluding steroid dienone is 2. The first-order valence-corrected chi connectivity index (χ1v) is 10.3. The molecule has 4 rings (SSSR count). The fourth-order valence-corrected chi connectivity index (χ4v) is 4.73. The number of nitrogens with one attached hydrogen (secondary N) is 2. The minimum absolute atomic E-state index is 0.271. The number of thioether (sulfide) groups is 1. The van der Waals surface area contributed by atoms with Gasteiger partial charge < -0.3 is 10.4 Å². The van der Waals surface area contributed by atoms with Crippen molar-refractivity contribution < 1.29 is 5.11 Å². The lowest BCUT2D eigenvalue weighted by atomic mass is 10.1. The van der Waals surface area contributed by atoms with E-state index in [9.17, 15) is 5.11 Å². The van der Waals surface area contributed by atoms with Gasteiger partial charge in [-0.2, -0.15) is 5.10 Å². The van der Waals surface area contributed by atoms with E-state index >= 15 is 0 Å². The maximum absolute atomic E-state index is 9.33. The van der Waals surface area contributed by atoms with Gasteiger partial charge in [0, 0.05) is 18.8 Å². The SMILES string of the molecule is Cc1[nH]nc(NC2CC[C@@H](CO)C2)c1C#CC1=CCC(c2ccccn2)S1. The molecule has 3 N–H and O–H groups in total. The Bertz CT molecular complexity index is 881. The number of aromatic amines is 1. The number of anilines is 1. The highest BCUT2D eigenvalue weighted by atomic mass is 32.2. The van der Waals surface area contributed by atoms with Crippen LogP contribution in [0.15, 0.2) is 35.4 Å². The number of pyridine rings is 1. The van der Waals surface area contributed by atoms with Gasteiger partial charge in [0.15, 0.2) is 5.82 Å². The summed E-state index contributed by atoms with van der Waals surface area (Å²) in [6.45, 7) is 2.27. The number of aryl methyl sites for hydroxylation is 1. The first kappa shape index (κ1) is 18.1. The lowest BCUT2D eigenvalue weighted by molar-refractivity contribution is 0.229. The van der Waals surface area contributed by atoms with Gasteiger partial charge in [0.1, 0.15) is 0 Å². The summed E-state index contributed by atoms with van der Waals surface area (Å²) in [7, 11) is 0. The van der Waals surface area contributed by atoms with Crippen LogP contribution < -0.4 is 5.32 Å². The van der Waals surface area contributed by atoms with E-state index in [1.807, 2.05) is 25.3 Å². The molecule has 2 aliphatic rings. The summed E-state index contributed by atoms with van der Waals surface area (Å²) in [6, 6.07) is 6.41. The molecule has 5 nitrogen and oxygen atoms in total. The van der Waals surface area contributed by atoms with E-state index in [0.717, 1.165) is 53.4 Å². The van der Waals surface area contributed by atoms with Gasteiger partial charge in [-0.25, -0.2) is 0 Å². The van der Waals surface area contributed by atoms with Crippen LogP contribution in [0.5, 0.6) is 0 Å². The van der Waals surface area contributed by atoms with Crippen LogP contribution in [0.25, 0.3) is 0 Å². The van der Waals surface area contributed by atoms with Crippen molar-refractivity contribution in [3.05, 3.63) is 52.3 Å². The van der Waals surface area contributed by atoms with E-state index in [1.165, 1.54) is 0 Å². The fourth-order valence-electron chi connectivity index (χ4n) is 3.67. The van der Waals surface area contributed by atoms with Gasteiger partial charge in [-0.15, -0.1) is 11.8 Å². The van der Waals surface area contributed by atoms with Crippen molar-refractivity contribution in [3.63, 3.8) is 0 Å². The summed E-state index contributed by atoms with van der Waals surface area (Å²) in [4.78, 5) is 5.55. The molecule has 140 valence electrons. The molecule has 0 radical (unpaired) electrons. The van der Waals surface area contributed by atoms with E-state index in [0.29, 0.717) is 17.2 Å². The molecular formula is C21H24N4OS. The van der Waals surface area contributed by atoms with Crippen LogP contribution >= 0.6 is 11.8 Å². The van der Waals surface area contributed by atoms with Gasteiger partial charge >= 0.3 is 0 Å². The Balaban J connectivity index is 1.43. The molecule has 3 atom stereocenters. The average Bonchev–Trinajstić information content (AvgIpc) is 3.42. The van der Waals surface area contributed by atoms with Crippen molar-refractivity contribution >= 4 is 17.6 Å². The van der Waals surface area contributed by atoms with Crippen molar-refractivity contribution in [1.82, 2.24) is 15.2 Å². The number of nitrogens with zero attached hydrogens (tertiary/aromatic N) is 2. The van der Waals surface area contributed by atoms with Gasteiger partial charge in [0.25, 0.3) is 0 Å². The second kappa shape index (κ2) is 8.20. The van der Waals surface area contributed by atoms with Crippen LogP contribution in [0, 0.1) is 24.7 Å². The molecule has 27 heavy (non-hydrogen) atoms. The van der Waals surface area contributed by atoms with Gasteiger partial charge in [-0.3, -0.25) is 10.1 Å².